The van der Waals surface area contributed by atoms with Crippen LogP contribution < -0.4 is 4.72 Å². The number of halogens is 2. The molecule has 0 aliphatic carbocycles. The van der Waals surface area contributed by atoms with Crippen LogP contribution in [0.2, 0.25) is 5.15 Å². The Labute approximate surface area is 120 Å². The van der Waals surface area contributed by atoms with E-state index < -0.39 is 15.6 Å². The monoisotopic (exact) mass is 356 g/mol. The van der Waals surface area contributed by atoms with Crippen LogP contribution in [-0.2, 0) is 10.0 Å². The SMILES string of the molecule is CCC(C)(O)CNS(=O)(=O)c1cc(Br)cnc1Cl. The van der Waals surface area contributed by atoms with Crippen LogP contribution in [0.3, 0.4) is 0 Å². The highest BCUT2D eigenvalue weighted by molar-refractivity contribution is 9.10. The van der Waals surface area contributed by atoms with Gasteiger partial charge in [0.2, 0.25) is 10.0 Å². The molecule has 0 aromatic carbocycles. The van der Waals surface area contributed by atoms with Gasteiger partial charge in [0.15, 0.2) is 0 Å². The van der Waals surface area contributed by atoms with Gasteiger partial charge >= 0.3 is 0 Å². The molecule has 0 aliphatic rings. The maximum absolute atomic E-state index is 12.0. The van der Waals surface area contributed by atoms with Gasteiger partial charge in [-0.05, 0) is 35.3 Å². The molecule has 102 valence electrons. The third-order valence-corrected chi connectivity index (χ3v) is 4.73. The number of hydrogen-bond donors (Lipinski definition) is 2. The van der Waals surface area contributed by atoms with Crippen LogP contribution in [0.15, 0.2) is 21.6 Å². The number of rotatable bonds is 5. The Kier molecular flexibility index (Phi) is 5.13. The standard InChI is InChI=1S/C10H14BrClN2O3S/c1-3-10(2,15)6-14-18(16,17)8-4-7(11)5-13-9(8)12/h4-5,14-15H,3,6H2,1-2H3. The molecule has 0 fully saturated rings. The molecule has 0 radical (unpaired) electrons. The van der Waals surface area contributed by atoms with Gasteiger partial charge in [0.25, 0.3) is 0 Å². The van der Waals surface area contributed by atoms with Gasteiger partial charge in [-0.1, -0.05) is 18.5 Å². The maximum atomic E-state index is 12.0. The summed E-state index contributed by atoms with van der Waals surface area (Å²) in [6, 6.07) is 1.36. The van der Waals surface area contributed by atoms with Crippen molar-refractivity contribution < 1.29 is 13.5 Å². The number of hydrogen-bond acceptors (Lipinski definition) is 4. The number of aliphatic hydroxyl groups is 1. The zero-order valence-electron chi connectivity index (χ0n) is 9.94. The molecule has 0 saturated carbocycles. The van der Waals surface area contributed by atoms with Gasteiger partial charge in [0.05, 0.1) is 5.60 Å². The van der Waals surface area contributed by atoms with Gasteiger partial charge in [-0.15, -0.1) is 0 Å². The van der Waals surface area contributed by atoms with E-state index in [9.17, 15) is 13.5 Å². The second-order valence-electron chi connectivity index (χ2n) is 4.12. The van der Waals surface area contributed by atoms with Crippen LogP contribution >= 0.6 is 27.5 Å². The predicted molar refractivity (Wildman–Crippen MR) is 73.1 cm³/mol. The van der Waals surface area contributed by atoms with Crippen molar-refractivity contribution in [2.75, 3.05) is 6.54 Å². The predicted octanol–water partition coefficient (Wildman–Crippen LogP) is 1.94. The summed E-state index contributed by atoms with van der Waals surface area (Å²) in [5, 5.41) is 9.66. The van der Waals surface area contributed by atoms with Crippen molar-refractivity contribution in [2.24, 2.45) is 0 Å². The summed E-state index contributed by atoms with van der Waals surface area (Å²) in [5.41, 5.74) is -1.10. The quantitative estimate of drug-likeness (QED) is 0.789. The highest BCUT2D eigenvalue weighted by Gasteiger charge is 2.24. The van der Waals surface area contributed by atoms with E-state index in [0.717, 1.165) is 0 Å². The van der Waals surface area contributed by atoms with E-state index in [-0.39, 0.29) is 16.6 Å². The summed E-state index contributed by atoms with van der Waals surface area (Å²) >= 11 is 8.88. The lowest BCUT2D eigenvalue weighted by Crippen LogP contribution is -2.40. The molecule has 1 heterocycles. The van der Waals surface area contributed by atoms with Crippen LogP contribution in [0.25, 0.3) is 0 Å². The Morgan fingerprint density at radius 2 is 2.22 bits per heavy atom. The molecule has 0 spiro atoms. The molecule has 5 nitrogen and oxygen atoms in total. The highest BCUT2D eigenvalue weighted by atomic mass is 79.9. The van der Waals surface area contributed by atoms with Gasteiger partial charge < -0.3 is 5.11 Å². The Hall–Kier alpha value is -0.210. The molecular formula is C10H14BrClN2O3S. The second-order valence-corrected chi connectivity index (χ2v) is 7.13. The molecule has 1 aromatic heterocycles. The molecule has 1 aromatic rings. The van der Waals surface area contributed by atoms with Crippen molar-refractivity contribution in [3.63, 3.8) is 0 Å². The van der Waals surface area contributed by atoms with Crippen molar-refractivity contribution in [3.05, 3.63) is 21.9 Å². The zero-order valence-corrected chi connectivity index (χ0v) is 13.1. The minimum absolute atomic E-state index is 0.0886. The lowest BCUT2D eigenvalue weighted by Gasteiger charge is -2.21. The topological polar surface area (TPSA) is 79.3 Å². The number of nitrogens with zero attached hydrogens (tertiary/aromatic N) is 1. The van der Waals surface area contributed by atoms with E-state index in [1.165, 1.54) is 12.3 Å². The van der Waals surface area contributed by atoms with Crippen LogP contribution in [0.1, 0.15) is 20.3 Å². The number of sulfonamides is 1. The minimum Gasteiger partial charge on any atom is -0.389 e. The van der Waals surface area contributed by atoms with Crippen LogP contribution in [0.4, 0.5) is 0 Å². The van der Waals surface area contributed by atoms with Crippen LogP contribution in [0, 0.1) is 0 Å². The summed E-state index contributed by atoms with van der Waals surface area (Å²) in [6.07, 6.45) is 1.84. The van der Waals surface area contributed by atoms with Gasteiger partial charge in [0, 0.05) is 17.2 Å². The van der Waals surface area contributed by atoms with Crippen molar-refractivity contribution >= 4 is 37.6 Å². The molecule has 1 rings (SSSR count). The first-order chi connectivity index (χ1) is 8.18. The first-order valence-corrected chi connectivity index (χ1v) is 7.86. The van der Waals surface area contributed by atoms with Crippen molar-refractivity contribution in [1.82, 2.24) is 9.71 Å². The van der Waals surface area contributed by atoms with E-state index in [0.29, 0.717) is 10.9 Å². The Morgan fingerprint density at radius 1 is 1.61 bits per heavy atom. The highest BCUT2D eigenvalue weighted by Crippen LogP contribution is 2.22. The van der Waals surface area contributed by atoms with Gasteiger partial charge in [-0.2, -0.15) is 0 Å². The van der Waals surface area contributed by atoms with Crippen LogP contribution in [0.5, 0.6) is 0 Å². The van der Waals surface area contributed by atoms with Gasteiger partial charge in [-0.3, -0.25) is 0 Å². The third-order valence-electron chi connectivity index (χ3n) is 2.47. The zero-order chi connectivity index (χ0) is 14.0. The van der Waals surface area contributed by atoms with E-state index in [1.807, 2.05) is 0 Å². The Morgan fingerprint density at radius 3 is 2.78 bits per heavy atom. The van der Waals surface area contributed by atoms with E-state index in [2.05, 4.69) is 25.6 Å². The second kappa shape index (κ2) is 5.83. The average Bonchev–Trinajstić information content (AvgIpc) is 2.30. The molecule has 1 unspecified atom stereocenters. The molecular weight excluding hydrogens is 344 g/mol. The fourth-order valence-electron chi connectivity index (χ4n) is 1.05. The summed E-state index contributed by atoms with van der Waals surface area (Å²) in [5.74, 6) is 0. The summed E-state index contributed by atoms with van der Waals surface area (Å²) < 4.78 is 26.8. The Bertz CT molecular complexity index is 534. The number of nitrogens with one attached hydrogen (secondary N) is 1. The molecule has 8 heteroatoms. The molecule has 18 heavy (non-hydrogen) atoms. The average molecular weight is 358 g/mol. The van der Waals surface area contributed by atoms with Gasteiger partial charge in [-0.25, -0.2) is 18.1 Å². The van der Waals surface area contributed by atoms with Crippen LogP contribution in [-0.4, -0.2) is 30.7 Å². The summed E-state index contributed by atoms with van der Waals surface area (Å²) in [4.78, 5) is 3.63. The molecule has 0 bridgehead atoms. The van der Waals surface area contributed by atoms with Crippen molar-refractivity contribution in [1.29, 1.82) is 0 Å². The smallest absolute Gasteiger partial charge is 0.243 e. The minimum atomic E-state index is -3.79. The molecule has 0 aliphatic heterocycles. The maximum Gasteiger partial charge on any atom is 0.243 e. The van der Waals surface area contributed by atoms with E-state index >= 15 is 0 Å². The Balaban J connectivity index is 2.97. The normalized spacial score (nSPS) is 15.4. The summed E-state index contributed by atoms with van der Waals surface area (Å²) in [7, 11) is -3.79. The largest absolute Gasteiger partial charge is 0.389 e. The molecule has 2 N–H and O–H groups in total. The van der Waals surface area contributed by atoms with Crippen molar-refractivity contribution in [2.45, 2.75) is 30.8 Å². The van der Waals surface area contributed by atoms with E-state index in [4.69, 9.17) is 11.6 Å². The van der Waals surface area contributed by atoms with Gasteiger partial charge in [0.1, 0.15) is 10.0 Å². The lowest BCUT2D eigenvalue weighted by atomic mass is 10.1. The fraction of sp³-hybridized carbons (Fsp3) is 0.500. The van der Waals surface area contributed by atoms with E-state index in [1.54, 1.807) is 13.8 Å². The third kappa shape index (κ3) is 4.17. The number of pyridine rings is 1. The first kappa shape index (κ1) is 15.8. The fourth-order valence-corrected chi connectivity index (χ4v) is 3.15. The van der Waals surface area contributed by atoms with Crippen molar-refractivity contribution in [3.8, 4) is 0 Å². The first-order valence-electron chi connectivity index (χ1n) is 5.21. The summed E-state index contributed by atoms with van der Waals surface area (Å²) in [6.45, 7) is 3.23. The molecule has 1 atom stereocenters. The lowest BCUT2D eigenvalue weighted by molar-refractivity contribution is 0.0613. The number of aromatic nitrogens is 1. The molecule has 0 amide bonds. The molecule has 0 saturated heterocycles.